The lowest BCUT2D eigenvalue weighted by Crippen LogP contribution is -2.33. The van der Waals surface area contributed by atoms with Crippen LogP contribution in [0.25, 0.3) is 0 Å². The van der Waals surface area contributed by atoms with Crippen molar-refractivity contribution in [3.05, 3.63) is 21.0 Å². The highest BCUT2D eigenvalue weighted by Crippen LogP contribution is 2.24. The van der Waals surface area contributed by atoms with Gasteiger partial charge in [0, 0.05) is 20.1 Å². The quantitative estimate of drug-likeness (QED) is 0.880. The van der Waals surface area contributed by atoms with Crippen molar-refractivity contribution in [2.24, 2.45) is 13.0 Å². The summed E-state index contributed by atoms with van der Waals surface area (Å²) in [4.78, 5) is 13.1. The molecule has 1 saturated heterocycles. The highest BCUT2D eigenvalue weighted by atomic mass is 79.9. The molecule has 1 aliphatic heterocycles. The standard InChI is InChI=1S/C12H16BrF3N4O/c1-19-11(21)10(13)9(5-18-19)17-4-8-2-3-20(6-8)7-12(14,15)16/h5,8,17H,2-4,6-7H2,1H3. The van der Waals surface area contributed by atoms with E-state index >= 15 is 0 Å². The van der Waals surface area contributed by atoms with Crippen LogP contribution in [0.4, 0.5) is 18.9 Å². The van der Waals surface area contributed by atoms with Crippen LogP contribution >= 0.6 is 15.9 Å². The zero-order chi connectivity index (χ0) is 15.6. The average Bonchev–Trinajstić information content (AvgIpc) is 2.80. The predicted octanol–water partition coefficient (Wildman–Crippen LogP) is 1.84. The Kier molecular flexibility index (Phi) is 4.92. The number of aryl methyl sites for hydroxylation is 1. The lowest BCUT2D eigenvalue weighted by Gasteiger charge is -2.18. The summed E-state index contributed by atoms with van der Waals surface area (Å²) in [5, 5.41) is 6.98. The number of likely N-dealkylation sites (tertiary alicyclic amines) is 1. The van der Waals surface area contributed by atoms with E-state index in [9.17, 15) is 18.0 Å². The fraction of sp³-hybridized carbons (Fsp3) is 0.667. The zero-order valence-electron chi connectivity index (χ0n) is 11.5. The van der Waals surface area contributed by atoms with Crippen molar-refractivity contribution >= 4 is 21.6 Å². The van der Waals surface area contributed by atoms with E-state index in [-0.39, 0.29) is 11.5 Å². The molecule has 9 heteroatoms. The molecule has 1 aliphatic rings. The second-order valence-electron chi connectivity index (χ2n) is 5.19. The lowest BCUT2D eigenvalue weighted by atomic mass is 10.1. The van der Waals surface area contributed by atoms with E-state index in [0.717, 1.165) is 0 Å². The van der Waals surface area contributed by atoms with E-state index in [1.54, 1.807) is 7.05 Å². The first-order chi connectivity index (χ1) is 9.76. The van der Waals surface area contributed by atoms with Crippen LogP contribution in [0.5, 0.6) is 0 Å². The smallest absolute Gasteiger partial charge is 0.382 e. The van der Waals surface area contributed by atoms with Crippen molar-refractivity contribution in [2.45, 2.75) is 12.6 Å². The summed E-state index contributed by atoms with van der Waals surface area (Å²) >= 11 is 3.20. The minimum absolute atomic E-state index is 0.128. The highest BCUT2D eigenvalue weighted by Gasteiger charge is 2.34. The SMILES string of the molecule is Cn1ncc(NCC2CCN(CC(F)(F)F)C2)c(Br)c1=O. The minimum Gasteiger partial charge on any atom is -0.382 e. The summed E-state index contributed by atoms with van der Waals surface area (Å²) in [5.74, 6) is 0.128. The first kappa shape index (κ1) is 16.3. The number of aromatic nitrogens is 2. The van der Waals surface area contributed by atoms with Gasteiger partial charge in [0.1, 0.15) is 4.47 Å². The van der Waals surface area contributed by atoms with Crippen molar-refractivity contribution in [1.82, 2.24) is 14.7 Å². The molecule has 0 bridgehead atoms. The molecule has 0 radical (unpaired) electrons. The average molecular weight is 369 g/mol. The van der Waals surface area contributed by atoms with E-state index in [1.807, 2.05) is 0 Å². The molecule has 0 spiro atoms. The van der Waals surface area contributed by atoms with E-state index in [0.29, 0.717) is 36.2 Å². The summed E-state index contributed by atoms with van der Waals surface area (Å²) in [6.45, 7) is 0.507. The zero-order valence-corrected chi connectivity index (χ0v) is 13.0. The monoisotopic (exact) mass is 368 g/mol. The molecule has 2 rings (SSSR count). The van der Waals surface area contributed by atoms with Crippen LogP contribution in [0.3, 0.4) is 0 Å². The van der Waals surface area contributed by atoms with Gasteiger partial charge < -0.3 is 5.32 Å². The van der Waals surface area contributed by atoms with Crippen molar-refractivity contribution in [3.8, 4) is 0 Å². The number of anilines is 1. The molecule has 1 atom stereocenters. The topological polar surface area (TPSA) is 50.2 Å². The molecule has 1 unspecified atom stereocenters. The molecule has 2 heterocycles. The van der Waals surface area contributed by atoms with Crippen molar-refractivity contribution in [2.75, 3.05) is 31.5 Å². The van der Waals surface area contributed by atoms with Crippen LogP contribution < -0.4 is 10.9 Å². The van der Waals surface area contributed by atoms with Gasteiger partial charge in [-0.15, -0.1) is 0 Å². The fourth-order valence-electron chi connectivity index (χ4n) is 2.36. The van der Waals surface area contributed by atoms with Crippen molar-refractivity contribution in [3.63, 3.8) is 0 Å². The number of hydrogen-bond acceptors (Lipinski definition) is 4. The maximum absolute atomic E-state index is 12.3. The second-order valence-corrected chi connectivity index (χ2v) is 5.98. The third kappa shape index (κ3) is 4.44. The van der Waals surface area contributed by atoms with Gasteiger partial charge in [0.25, 0.3) is 5.56 Å². The molecular formula is C12H16BrF3N4O. The van der Waals surface area contributed by atoms with Crippen LogP contribution in [-0.4, -0.2) is 47.0 Å². The number of halogens is 4. The molecule has 0 amide bonds. The maximum Gasteiger partial charge on any atom is 0.401 e. The normalized spacial score (nSPS) is 20.0. The molecule has 1 fully saturated rings. The number of hydrogen-bond donors (Lipinski definition) is 1. The van der Waals surface area contributed by atoms with E-state index < -0.39 is 12.7 Å². The van der Waals surface area contributed by atoms with Crippen LogP contribution in [0, 0.1) is 5.92 Å². The van der Waals surface area contributed by atoms with Gasteiger partial charge in [-0.05, 0) is 34.8 Å². The third-order valence-electron chi connectivity index (χ3n) is 3.43. The Balaban J connectivity index is 1.88. The van der Waals surface area contributed by atoms with Gasteiger partial charge in [-0.3, -0.25) is 9.69 Å². The maximum atomic E-state index is 12.3. The highest BCUT2D eigenvalue weighted by molar-refractivity contribution is 9.10. The summed E-state index contributed by atoms with van der Waals surface area (Å²) in [6, 6.07) is 0. The van der Waals surface area contributed by atoms with Gasteiger partial charge in [-0.1, -0.05) is 0 Å². The Labute approximate surface area is 128 Å². The summed E-state index contributed by atoms with van der Waals surface area (Å²) in [5.41, 5.74) is 0.303. The fourth-order valence-corrected chi connectivity index (χ4v) is 2.86. The summed E-state index contributed by atoms with van der Waals surface area (Å²) in [6.07, 6.45) is -1.92. The van der Waals surface area contributed by atoms with Gasteiger partial charge >= 0.3 is 6.18 Å². The number of rotatable bonds is 4. The lowest BCUT2D eigenvalue weighted by molar-refractivity contribution is -0.143. The van der Waals surface area contributed by atoms with Crippen LogP contribution in [-0.2, 0) is 7.05 Å². The minimum atomic E-state index is -4.15. The largest absolute Gasteiger partial charge is 0.401 e. The number of alkyl halides is 3. The number of nitrogens with one attached hydrogen (secondary N) is 1. The van der Waals surface area contributed by atoms with Crippen LogP contribution in [0.15, 0.2) is 15.5 Å². The van der Waals surface area contributed by atoms with Crippen molar-refractivity contribution < 1.29 is 13.2 Å². The molecule has 1 aromatic heterocycles. The molecular weight excluding hydrogens is 353 g/mol. The van der Waals surface area contributed by atoms with E-state index in [4.69, 9.17) is 0 Å². The second kappa shape index (κ2) is 6.35. The van der Waals surface area contributed by atoms with Crippen LogP contribution in [0.1, 0.15) is 6.42 Å². The molecule has 5 nitrogen and oxygen atoms in total. The van der Waals surface area contributed by atoms with Gasteiger partial charge in [-0.25, -0.2) is 4.68 Å². The molecule has 21 heavy (non-hydrogen) atoms. The molecule has 1 aromatic rings. The van der Waals surface area contributed by atoms with Gasteiger partial charge in [-0.2, -0.15) is 18.3 Å². The Morgan fingerprint density at radius 2 is 2.24 bits per heavy atom. The third-order valence-corrected chi connectivity index (χ3v) is 4.20. The Bertz CT molecular complexity index is 560. The van der Waals surface area contributed by atoms with Gasteiger partial charge in [0.05, 0.1) is 18.4 Å². The van der Waals surface area contributed by atoms with Crippen LogP contribution in [0.2, 0.25) is 0 Å². The Morgan fingerprint density at radius 1 is 1.52 bits per heavy atom. The Hall–Kier alpha value is -1.09. The molecule has 118 valence electrons. The molecule has 1 N–H and O–H groups in total. The first-order valence-electron chi connectivity index (χ1n) is 6.51. The van der Waals surface area contributed by atoms with Gasteiger partial charge in [0.2, 0.25) is 0 Å². The van der Waals surface area contributed by atoms with Gasteiger partial charge in [0.15, 0.2) is 0 Å². The van der Waals surface area contributed by atoms with Crippen molar-refractivity contribution in [1.29, 1.82) is 0 Å². The van der Waals surface area contributed by atoms with E-state index in [2.05, 4.69) is 26.3 Å². The predicted molar refractivity (Wildman–Crippen MR) is 76.3 cm³/mol. The Morgan fingerprint density at radius 3 is 2.90 bits per heavy atom. The summed E-state index contributed by atoms with van der Waals surface area (Å²) < 4.78 is 38.5. The molecule has 0 aliphatic carbocycles. The summed E-state index contributed by atoms with van der Waals surface area (Å²) in [7, 11) is 1.54. The van der Waals surface area contributed by atoms with E-state index in [1.165, 1.54) is 15.8 Å². The molecule has 0 aromatic carbocycles. The number of nitrogens with zero attached hydrogens (tertiary/aromatic N) is 3. The molecule has 0 saturated carbocycles. The first-order valence-corrected chi connectivity index (χ1v) is 7.30.